The number of aliphatic hydroxyl groups is 1. The minimum Gasteiger partial charge on any atom is -0.390 e. The van der Waals surface area contributed by atoms with Gasteiger partial charge in [-0.25, -0.2) is 0 Å². The summed E-state index contributed by atoms with van der Waals surface area (Å²) in [7, 11) is 0. The second-order valence-corrected chi connectivity index (χ2v) is 4.47. The van der Waals surface area contributed by atoms with E-state index in [4.69, 9.17) is 5.26 Å². The van der Waals surface area contributed by atoms with Gasteiger partial charge in [0.1, 0.15) is 0 Å². The maximum absolute atomic E-state index is 9.78. The fourth-order valence-corrected chi connectivity index (χ4v) is 2.13. The zero-order valence-corrected chi connectivity index (χ0v) is 9.93. The summed E-state index contributed by atoms with van der Waals surface area (Å²) in [4.78, 5) is 2.17. The summed E-state index contributed by atoms with van der Waals surface area (Å²) in [5.74, 6) is 0. The number of nitrogens with one attached hydrogen (secondary N) is 1. The molecule has 2 atom stereocenters. The van der Waals surface area contributed by atoms with Gasteiger partial charge >= 0.3 is 0 Å². The number of aliphatic hydroxyl groups excluding tert-OH is 1. The van der Waals surface area contributed by atoms with Crippen molar-refractivity contribution in [2.45, 2.75) is 19.1 Å². The molecule has 1 saturated heterocycles. The Balaban J connectivity index is 2.20. The molecule has 1 aliphatic rings. The summed E-state index contributed by atoms with van der Waals surface area (Å²) in [6, 6.07) is 9.94. The zero-order valence-electron chi connectivity index (χ0n) is 9.93. The van der Waals surface area contributed by atoms with Gasteiger partial charge in [-0.2, -0.15) is 5.26 Å². The number of hydrogen-bond donors (Lipinski definition) is 2. The van der Waals surface area contributed by atoms with Gasteiger partial charge in [0.15, 0.2) is 0 Å². The SMILES string of the molecule is CC1CNCC(O)CN1c1ccc(C#N)cc1. The monoisotopic (exact) mass is 231 g/mol. The molecule has 2 unspecified atom stereocenters. The minimum absolute atomic E-state index is 0.333. The number of nitriles is 1. The number of hydrogen-bond acceptors (Lipinski definition) is 4. The van der Waals surface area contributed by atoms with Gasteiger partial charge in [-0.05, 0) is 31.2 Å². The van der Waals surface area contributed by atoms with Crippen molar-refractivity contribution in [1.82, 2.24) is 5.32 Å². The fraction of sp³-hybridized carbons (Fsp3) is 0.462. The smallest absolute Gasteiger partial charge is 0.0991 e. The molecule has 0 saturated carbocycles. The van der Waals surface area contributed by atoms with Gasteiger partial charge in [0.05, 0.1) is 17.7 Å². The third kappa shape index (κ3) is 2.76. The summed E-state index contributed by atoms with van der Waals surface area (Å²) >= 11 is 0. The van der Waals surface area contributed by atoms with E-state index in [9.17, 15) is 5.11 Å². The normalized spacial score (nSPS) is 25.1. The lowest BCUT2D eigenvalue weighted by molar-refractivity contribution is 0.184. The third-order valence-corrected chi connectivity index (χ3v) is 3.09. The third-order valence-electron chi connectivity index (χ3n) is 3.09. The van der Waals surface area contributed by atoms with Gasteiger partial charge < -0.3 is 15.3 Å². The van der Waals surface area contributed by atoms with Crippen molar-refractivity contribution in [3.63, 3.8) is 0 Å². The van der Waals surface area contributed by atoms with Crippen LogP contribution < -0.4 is 10.2 Å². The summed E-state index contributed by atoms with van der Waals surface area (Å²) in [5.41, 5.74) is 1.72. The van der Waals surface area contributed by atoms with E-state index >= 15 is 0 Å². The van der Waals surface area contributed by atoms with Crippen LogP contribution in [0.1, 0.15) is 12.5 Å². The summed E-state index contributed by atoms with van der Waals surface area (Å²) in [6.45, 7) is 4.25. The standard InChI is InChI=1S/C13H17N3O/c1-10-7-15-8-13(17)9-16(10)12-4-2-11(6-14)3-5-12/h2-5,10,13,15,17H,7-9H2,1H3. The average Bonchev–Trinajstić information content (AvgIpc) is 2.51. The molecule has 1 aliphatic heterocycles. The van der Waals surface area contributed by atoms with Crippen molar-refractivity contribution in [2.24, 2.45) is 0 Å². The van der Waals surface area contributed by atoms with Crippen molar-refractivity contribution in [3.05, 3.63) is 29.8 Å². The molecule has 0 radical (unpaired) electrons. The molecule has 0 bridgehead atoms. The molecule has 17 heavy (non-hydrogen) atoms. The van der Waals surface area contributed by atoms with Crippen molar-refractivity contribution in [3.8, 4) is 6.07 Å². The molecule has 4 heteroatoms. The number of benzene rings is 1. The second-order valence-electron chi connectivity index (χ2n) is 4.47. The van der Waals surface area contributed by atoms with E-state index in [0.717, 1.165) is 12.2 Å². The molecule has 0 spiro atoms. The van der Waals surface area contributed by atoms with Gasteiger partial charge in [-0.15, -0.1) is 0 Å². The lowest BCUT2D eigenvalue weighted by Crippen LogP contribution is -2.39. The highest BCUT2D eigenvalue weighted by atomic mass is 16.3. The van der Waals surface area contributed by atoms with Crippen molar-refractivity contribution >= 4 is 5.69 Å². The van der Waals surface area contributed by atoms with E-state index in [0.29, 0.717) is 24.7 Å². The van der Waals surface area contributed by atoms with Gasteiger partial charge in [-0.3, -0.25) is 0 Å². The van der Waals surface area contributed by atoms with Gasteiger partial charge in [0.25, 0.3) is 0 Å². The maximum Gasteiger partial charge on any atom is 0.0991 e. The highest BCUT2D eigenvalue weighted by molar-refractivity contribution is 5.50. The molecule has 90 valence electrons. The molecule has 4 nitrogen and oxygen atoms in total. The van der Waals surface area contributed by atoms with E-state index in [-0.39, 0.29) is 6.10 Å². The first kappa shape index (κ1) is 11.9. The highest BCUT2D eigenvalue weighted by Gasteiger charge is 2.21. The van der Waals surface area contributed by atoms with Crippen molar-refractivity contribution < 1.29 is 5.11 Å². The Bertz CT molecular complexity index is 410. The molecular formula is C13H17N3O. The largest absolute Gasteiger partial charge is 0.390 e. The lowest BCUT2D eigenvalue weighted by Gasteiger charge is -2.30. The molecule has 1 fully saturated rings. The summed E-state index contributed by atoms with van der Waals surface area (Å²) in [6.07, 6.45) is -0.351. The Hall–Kier alpha value is -1.57. The van der Waals surface area contributed by atoms with Crippen LogP contribution in [0.4, 0.5) is 5.69 Å². The molecule has 2 rings (SSSR count). The van der Waals surface area contributed by atoms with E-state index in [2.05, 4.69) is 23.2 Å². The Morgan fingerprint density at radius 1 is 1.35 bits per heavy atom. The predicted octanol–water partition coefficient (Wildman–Crippen LogP) is 0.717. The molecule has 1 aromatic carbocycles. The molecule has 1 aromatic rings. The van der Waals surface area contributed by atoms with Crippen LogP contribution in [0, 0.1) is 11.3 Å². The van der Waals surface area contributed by atoms with Crippen LogP contribution >= 0.6 is 0 Å². The summed E-state index contributed by atoms with van der Waals surface area (Å²) < 4.78 is 0. The predicted molar refractivity (Wildman–Crippen MR) is 66.8 cm³/mol. The number of rotatable bonds is 1. The maximum atomic E-state index is 9.78. The Labute approximate surface area is 101 Å². The van der Waals surface area contributed by atoms with E-state index in [1.165, 1.54) is 0 Å². The van der Waals surface area contributed by atoms with Crippen LogP contribution in [0.25, 0.3) is 0 Å². The number of anilines is 1. The molecule has 0 aromatic heterocycles. The first-order valence-electron chi connectivity index (χ1n) is 5.86. The molecule has 0 aliphatic carbocycles. The first-order valence-corrected chi connectivity index (χ1v) is 5.86. The van der Waals surface area contributed by atoms with Crippen LogP contribution in [0.3, 0.4) is 0 Å². The zero-order chi connectivity index (χ0) is 12.3. The van der Waals surface area contributed by atoms with Crippen LogP contribution in [-0.2, 0) is 0 Å². The highest BCUT2D eigenvalue weighted by Crippen LogP contribution is 2.19. The number of nitrogens with zero attached hydrogens (tertiary/aromatic N) is 2. The molecule has 0 amide bonds. The number of β-amino-alcohol motifs (C(OH)–C–C–N with tert-alkyl or cyclic N) is 1. The van der Waals surface area contributed by atoms with Crippen LogP contribution in [-0.4, -0.2) is 36.9 Å². The van der Waals surface area contributed by atoms with Crippen LogP contribution in [0.15, 0.2) is 24.3 Å². The Kier molecular flexibility index (Phi) is 3.62. The van der Waals surface area contributed by atoms with Gasteiger partial charge in [-0.1, -0.05) is 0 Å². The Morgan fingerprint density at radius 3 is 2.71 bits per heavy atom. The van der Waals surface area contributed by atoms with Crippen LogP contribution in [0.5, 0.6) is 0 Å². The fourth-order valence-electron chi connectivity index (χ4n) is 2.13. The van der Waals surface area contributed by atoms with E-state index in [1.807, 2.05) is 24.3 Å². The van der Waals surface area contributed by atoms with Crippen LogP contribution in [0.2, 0.25) is 0 Å². The second kappa shape index (κ2) is 5.17. The van der Waals surface area contributed by atoms with Crippen molar-refractivity contribution in [1.29, 1.82) is 5.26 Å². The van der Waals surface area contributed by atoms with Gasteiger partial charge in [0, 0.05) is 31.4 Å². The van der Waals surface area contributed by atoms with Gasteiger partial charge in [0.2, 0.25) is 0 Å². The van der Waals surface area contributed by atoms with E-state index < -0.39 is 0 Å². The lowest BCUT2D eigenvalue weighted by atomic mass is 10.1. The Morgan fingerprint density at radius 2 is 2.06 bits per heavy atom. The molecule has 1 heterocycles. The summed E-state index contributed by atoms with van der Waals surface area (Å²) in [5, 5.41) is 21.8. The average molecular weight is 231 g/mol. The minimum atomic E-state index is -0.351. The quantitative estimate of drug-likeness (QED) is 0.747. The van der Waals surface area contributed by atoms with Crippen molar-refractivity contribution in [2.75, 3.05) is 24.5 Å². The van der Waals surface area contributed by atoms with E-state index in [1.54, 1.807) is 0 Å². The molecule has 2 N–H and O–H groups in total. The molecular weight excluding hydrogens is 214 g/mol. The first-order chi connectivity index (χ1) is 8.20. The topological polar surface area (TPSA) is 59.3 Å².